The molecule has 2 fully saturated rings. The number of esters is 1. The Balaban J connectivity index is 0.877. The van der Waals surface area contributed by atoms with E-state index in [-0.39, 0.29) is 105 Å². The summed E-state index contributed by atoms with van der Waals surface area (Å²) in [6.07, 6.45) is -12.0. The Morgan fingerprint density at radius 3 is 1.58 bits per heavy atom. The Morgan fingerprint density at radius 2 is 1.07 bits per heavy atom. The van der Waals surface area contributed by atoms with Crippen molar-refractivity contribution >= 4 is 65.2 Å². The third-order valence-electron chi connectivity index (χ3n) is 25.5. The van der Waals surface area contributed by atoms with E-state index < -0.39 is 158 Å². The van der Waals surface area contributed by atoms with Gasteiger partial charge in [-0.05, 0) is 102 Å². The van der Waals surface area contributed by atoms with Gasteiger partial charge in [-0.25, -0.2) is 14.4 Å². The predicted molar refractivity (Wildman–Crippen MR) is 535 cm³/mol. The highest BCUT2D eigenvalue weighted by Gasteiger charge is 2.50. The number of amides is 9. The number of likely N-dealkylation sites (N-methyl/N-ethyl adjacent to an activating group) is 2. The fourth-order valence-corrected chi connectivity index (χ4v) is 17.3. The Morgan fingerprint density at radius 1 is 0.534 bits per heavy atom. The van der Waals surface area contributed by atoms with Crippen LogP contribution in [0.1, 0.15) is 147 Å². The molecule has 2 aliphatic heterocycles. The molecule has 0 aromatic heterocycles. The van der Waals surface area contributed by atoms with Crippen molar-refractivity contribution in [3.8, 4) is 16.9 Å². The van der Waals surface area contributed by atoms with Crippen molar-refractivity contribution < 1.29 is 158 Å². The number of hydrogen-bond acceptors (Lipinski definition) is 33. The number of aliphatic hydroxyl groups excluding tert-OH is 4. The molecule has 0 saturated carbocycles. The molecule has 10 N–H and O–H groups in total. The summed E-state index contributed by atoms with van der Waals surface area (Å²) >= 11 is 0. The summed E-state index contributed by atoms with van der Waals surface area (Å²) in [6, 6.07) is 23.2. The number of ether oxygens (including phenoxy) is 19. The molecule has 9 amide bonds. The molecule has 16 atom stereocenters. The van der Waals surface area contributed by atoms with Gasteiger partial charge in [-0.1, -0.05) is 140 Å². The highest BCUT2D eigenvalue weighted by molar-refractivity contribution is 5.94. The van der Waals surface area contributed by atoms with Gasteiger partial charge in [-0.2, -0.15) is 0 Å². The average Bonchev–Trinajstić information content (AvgIpc) is 1.62. The normalized spacial score (nSPS) is 18.1. The van der Waals surface area contributed by atoms with E-state index in [1.54, 1.807) is 84.9 Å². The zero-order valence-corrected chi connectivity index (χ0v) is 87.3. The van der Waals surface area contributed by atoms with E-state index in [0.29, 0.717) is 176 Å². The molecule has 7 rings (SSSR count). The SMILES string of the molecule is CC[C@H](C)[C@@H]([C@@H](CC(=O)N1CCC[C@H]1[C@H](OC)[C@@H](C)C(=O)N[C@H](C)[C@@H](O)c1ccccc1)OC)N(C)C(=O)[C@@H](NC(=O)[C@H](C(C)C)N(C)C(=O)OCc1ccc(O[C@@H]2O[C@H](C(=O)OC)[C@@H](O)[C@H](O)[C@H]2O)c(NC(=O)CCNC(=O)[C@H](CCCCNC(=O)CCOCCOCCOCCOCCOCCOCCOCCOCCOCCOCCOCCOC)NC(=O)OCC2c3ccccc3-c3ccccc32)c1)C(C)C. The van der Waals surface area contributed by atoms with Crippen LogP contribution in [0.4, 0.5) is 15.3 Å². The fourth-order valence-electron chi connectivity index (χ4n) is 17.3. The number of fused-ring (bicyclic) bond motifs is 3. The van der Waals surface area contributed by atoms with E-state index in [2.05, 4.69) is 31.9 Å². The van der Waals surface area contributed by atoms with Crippen LogP contribution in [0.2, 0.25) is 0 Å². The highest BCUT2D eigenvalue weighted by Crippen LogP contribution is 2.45. The fraction of sp³-hybridized carbons (Fsp3) is 0.673. The number of rotatable bonds is 74. The molecular weight excluding hydrogens is 1900 g/mol. The van der Waals surface area contributed by atoms with E-state index >= 15 is 4.79 Å². The number of alkyl carbamates (subject to hydrolysis) is 1. The van der Waals surface area contributed by atoms with Crippen LogP contribution in [0.15, 0.2) is 97.1 Å². The standard InChI is InChI=1S/C104H161N9O33/c1-15-70(6)90(84(129-12)65-87(116)113-40-25-33-82(113)95(130-13)71(7)97(121)107-72(8)91(117)74-26-17-16-18-27-74)111(9)100(124)88(68(2)3)110-99(123)89(69(4)5)112(10)104(127)144-66-73-34-35-83(145-102-94(120)92(118)93(119)96(146-102)101(125)131-14)81(64-73)108-86(115)36-39-106-98(122)80(109-103(126)143-67-79-77-30-21-19-28-75(77)76-29-20-22-31-78(76)79)32-23-24-38-105-85(114)37-41-132-44-45-134-48-49-136-52-53-138-56-57-140-60-61-142-63-62-141-59-58-139-55-54-137-51-50-135-47-46-133-43-42-128-11/h16-22,26-31,34-35,64,68-72,79-80,82,84,88-96,102,117-120H,15,23-25,32-33,36-63,65-67H2,1-14H3,(H,105,114)(H,106,122)(H,107,121)(H,108,115)(H,109,126)(H,110,123)/t70-,71+,72+,80-,82-,84+,88-,89-,90-,91+,92-,93-,94+,95+,96-,102+/m0/s1. The molecule has 0 spiro atoms. The van der Waals surface area contributed by atoms with Gasteiger partial charge < -0.3 is 152 Å². The third kappa shape index (κ3) is 41.3. The molecule has 820 valence electrons. The molecule has 42 nitrogen and oxygen atoms in total. The van der Waals surface area contributed by atoms with Gasteiger partial charge in [0.15, 0.2) is 6.10 Å². The summed E-state index contributed by atoms with van der Waals surface area (Å²) in [7, 11) is 8.56. The largest absolute Gasteiger partial charge is 0.467 e. The number of nitrogens with zero attached hydrogens (tertiary/aromatic N) is 3. The van der Waals surface area contributed by atoms with Crippen LogP contribution in [0, 0.1) is 23.7 Å². The number of carbonyl (C=O) groups is 10. The topological polar surface area (TPSA) is 509 Å². The number of unbranched alkanes of at least 4 members (excludes halogenated alkanes) is 1. The number of carbonyl (C=O) groups excluding carboxylic acids is 10. The van der Waals surface area contributed by atoms with Gasteiger partial charge in [-0.3, -0.25) is 38.5 Å². The van der Waals surface area contributed by atoms with E-state index in [9.17, 15) is 63.6 Å². The van der Waals surface area contributed by atoms with Crippen molar-refractivity contribution in [1.82, 2.24) is 41.3 Å². The number of nitrogens with one attached hydrogen (secondary N) is 6. The zero-order valence-electron chi connectivity index (χ0n) is 87.3. The number of anilines is 1. The first kappa shape index (κ1) is 123. The zero-order chi connectivity index (χ0) is 106. The maximum absolute atomic E-state index is 15.1. The van der Waals surface area contributed by atoms with Crippen molar-refractivity contribution in [2.75, 3.05) is 226 Å². The minimum atomic E-state index is -2.00. The lowest BCUT2D eigenvalue weighted by Gasteiger charge is -2.41. The summed E-state index contributed by atoms with van der Waals surface area (Å²) in [6.45, 7) is 23.6. The third-order valence-corrected chi connectivity index (χ3v) is 25.5. The predicted octanol–water partition coefficient (Wildman–Crippen LogP) is 5.80. The average molecular weight is 2070 g/mol. The van der Waals surface area contributed by atoms with Crippen LogP contribution in [-0.2, 0) is 130 Å². The van der Waals surface area contributed by atoms with E-state index in [1.807, 2.05) is 68.4 Å². The quantitative estimate of drug-likeness (QED) is 0.0142. The molecule has 0 bridgehead atoms. The number of benzene rings is 4. The number of likely N-dealkylation sites (tertiary alicyclic amines) is 1. The number of aliphatic hydroxyl groups is 4. The number of hydrogen-bond donors (Lipinski definition) is 10. The Labute approximate surface area is 857 Å². The Hall–Kier alpha value is -9.78. The molecule has 0 radical (unpaired) electrons. The molecule has 4 aromatic carbocycles. The summed E-state index contributed by atoms with van der Waals surface area (Å²) in [5, 5.41) is 60.7. The second kappa shape index (κ2) is 68.8. The lowest BCUT2D eigenvalue weighted by atomic mass is 9.89. The van der Waals surface area contributed by atoms with Gasteiger partial charge in [0.2, 0.25) is 47.6 Å². The summed E-state index contributed by atoms with van der Waals surface area (Å²) in [5.74, 6) is -7.24. The first-order chi connectivity index (χ1) is 70.4. The minimum Gasteiger partial charge on any atom is -0.467 e. The Bertz CT molecular complexity index is 4450. The van der Waals surface area contributed by atoms with Crippen LogP contribution < -0.4 is 36.6 Å². The lowest BCUT2D eigenvalue weighted by molar-refractivity contribution is -0.271. The minimum absolute atomic E-state index is 0.0586. The molecule has 4 aromatic rings. The van der Waals surface area contributed by atoms with Crippen molar-refractivity contribution in [1.29, 1.82) is 0 Å². The van der Waals surface area contributed by atoms with Crippen LogP contribution >= 0.6 is 0 Å². The van der Waals surface area contributed by atoms with Crippen molar-refractivity contribution in [2.45, 2.75) is 211 Å². The van der Waals surface area contributed by atoms with Crippen LogP contribution in [0.25, 0.3) is 11.1 Å². The summed E-state index contributed by atoms with van der Waals surface area (Å²) in [5.41, 5.74) is 4.65. The van der Waals surface area contributed by atoms with Gasteiger partial charge in [0.25, 0.3) is 0 Å². The smallest absolute Gasteiger partial charge is 0.410 e. The molecular formula is C104H161N9O33. The maximum atomic E-state index is 15.1. The first-order valence-electron chi connectivity index (χ1n) is 50.6. The van der Waals surface area contributed by atoms with Gasteiger partial charge >= 0.3 is 18.2 Å². The van der Waals surface area contributed by atoms with Crippen molar-refractivity contribution in [3.63, 3.8) is 0 Å². The molecule has 2 heterocycles. The second-order valence-electron chi connectivity index (χ2n) is 36.6. The van der Waals surface area contributed by atoms with E-state index in [0.717, 1.165) is 34.3 Å². The molecule has 1 aliphatic carbocycles. The summed E-state index contributed by atoms with van der Waals surface area (Å²) in [4.78, 5) is 145. The van der Waals surface area contributed by atoms with E-state index in [1.165, 1.54) is 44.4 Å². The van der Waals surface area contributed by atoms with E-state index in [4.69, 9.17) is 90.0 Å². The molecule has 146 heavy (non-hydrogen) atoms. The monoisotopic (exact) mass is 2060 g/mol. The first-order valence-corrected chi connectivity index (χ1v) is 50.6. The van der Waals surface area contributed by atoms with Gasteiger partial charge in [0, 0.05) is 73.8 Å². The molecule has 0 unspecified atom stereocenters. The van der Waals surface area contributed by atoms with Crippen LogP contribution in [0.5, 0.6) is 5.75 Å². The van der Waals surface area contributed by atoms with Crippen molar-refractivity contribution in [2.24, 2.45) is 23.7 Å². The number of methoxy groups -OCH3 is 4. The molecule has 42 heteroatoms. The summed E-state index contributed by atoms with van der Waals surface area (Å²) < 4.78 is 106. The maximum Gasteiger partial charge on any atom is 0.410 e. The Kier molecular flexibility index (Phi) is 58.0. The van der Waals surface area contributed by atoms with Gasteiger partial charge in [-0.15, -0.1) is 0 Å². The van der Waals surface area contributed by atoms with Crippen LogP contribution in [0.3, 0.4) is 0 Å². The van der Waals surface area contributed by atoms with Gasteiger partial charge in [0.05, 0.1) is 214 Å². The second-order valence-corrected chi connectivity index (χ2v) is 36.6. The highest BCUT2D eigenvalue weighted by atomic mass is 16.7. The lowest BCUT2D eigenvalue weighted by Crippen LogP contribution is -2.61. The molecule has 3 aliphatic rings. The van der Waals surface area contributed by atoms with Gasteiger partial charge in [0.1, 0.15) is 55.4 Å². The van der Waals surface area contributed by atoms with Crippen LogP contribution in [-0.4, -0.2) is 395 Å². The van der Waals surface area contributed by atoms with Crippen molar-refractivity contribution in [3.05, 3.63) is 119 Å². The molecule has 2 saturated heterocycles.